The molecule has 0 heterocycles. The normalized spacial score (nSPS) is 10.3. The molecule has 0 N–H and O–H groups in total. The third-order valence-corrected chi connectivity index (χ3v) is 3.53. The summed E-state index contributed by atoms with van der Waals surface area (Å²) in [6.45, 7) is 0. The minimum Gasteiger partial charge on any atom is -0.105 e. The summed E-state index contributed by atoms with van der Waals surface area (Å²) in [5.41, 5.74) is 3.86. The topological polar surface area (TPSA) is 0 Å². The number of benzene rings is 2. The summed E-state index contributed by atoms with van der Waals surface area (Å²) in [6, 6.07) is 17.0. The van der Waals surface area contributed by atoms with Gasteiger partial charge < -0.3 is 0 Å². The molecule has 0 amide bonds. The van der Waals surface area contributed by atoms with Crippen molar-refractivity contribution in [2.45, 2.75) is 5.33 Å². The van der Waals surface area contributed by atoms with Crippen molar-refractivity contribution in [3.05, 3.63) is 54.1 Å². The highest BCUT2D eigenvalue weighted by Gasteiger charge is 2.00. The van der Waals surface area contributed by atoms with Crippen LogP contribution in [0.1, 0.15) is 5.56 Å². The maximum atomic E-state index is 3.45. The predicted octanol–water partition coefficient (Wildman–Crippen LogP) is 3.75. The van der Waals surface area contributed by atoms with E-state index in [1.807, 2.05) is 0 Å². The zero-order valence-corrected chi connectivity index (χ0v) is 11.0. The third-order valence-electron chi connectivity index (χ3n) is 2.38. The molecule has 2 aromatic carbocycles. The van der Waals surface area contributed by atoms with Gasteiger partial charge >= 0.3 is 0 Å². The van der Waals surface area contributed by atoms with Crippen LogP contribution in [0.15, 0.2) is 48.5 Å². The van der Waals surface area contributed by atoms with Gasteiger partial charge in [-0.15, -0.1) is 9.24 Å². The van der Waals surface area contributed by atoms with E-state index < -0.39 is 0 Å². The first-order valence-corrected chi connectivity index (χ1v) is 6.51. The van der Waals surface area contributed by atoms with E-state index in [0.717, 1.165) is 5.33 Å². The zero-order chi connectivity index (χ0) is 10.7. The van der Waals surface area contributed by atoms with Crippen molar-refractivity contribution in [1.82, 2.24) is 0 Å². The molecule has 0 saturated heterocycles. The van der Waals surface area contributed by atoms with Gasteiger partial charge in [0, 0.05) is 5.33 Å². The number of rotatable bonds is 2. The number of halogens is 1. The molecule has 2 heteroatoms. The fourth-order valence-corrected chi connectivity index (χ4v) is 2.28. The first kappa shape index (κ1) is 10.9. The molecule has 2 aromatic rings. The average Bonchev–Trinajstić information content (AvgIpc) is 2.30. The van der Waals surface area contributed by atoms with Gasteiger partial charge in [0.05, 0.1) is 0 Å². The Morgan fingerprint density at radius 3 is 2.20 bits per heavy atom. The van der Waals surface area contributed by atoms with E-state index in [2.05, 4.69) is 73.7 Å². The van der Waals surface area contributed by atoms with Gasteiger partial charge in [-0.3, -0.25) is 0 Å². The second-order valence-electron chi connectivity index (χ2n) is 3.42. The van der Waals surface area contributed by atoms with Gasteiger partial charge in [-0.25, -0.2) is 0 Å². The maximum absolute atomic E-state index is 3.45. The Morgan fingerprint density at radius 2 is 1.60 bits per heavy atom. The van der Waals surface area contributed by atoms with Gasteiger partial charge in [0.1, 0.15) is 0 Å². The summed E-state index contributed by atoms with van der Waals surface area (Å²) < 4.78 is 0. The summed E-state index contributed by atoms with van der Waals surface area (Å²) >= 11 is 3.45. The Morgan fingerprint density at radius 1 is 0.933 bits per heavy atom. The van der Waals surface area contributed by atoms with Gasteiger partial charge in [0.15, 0.2) is 0 Å². The van der Waals surface area contributed by atoms with Crippen LogP contribution in [0.2, 0.25) is 0 Å². The van der Waals surface area contributed by atoms with Crippen LogP contribution in [0.25, 0.3) is 11.1 Å². The summed E-state index contributed by atoms with van der Waals surface area (Å²) in [5, 5.41) is 2.15. The molecule has 0 bridgehead atoms. The van der Waals surface area contributed by atoms with E-state index in [0.29, 0.717) is 0 Å². The summed E-state index contributed by atoms with van der Waals surface area (Å²) in [5.74, 6) is 0. The lowest BCUT2D eigenvalue weighted by molar-refractivity contribution is 1.44. The summed E-state index contributed by atoms with van der Waals surface area (Å²) in [6.07, 6.45) is 0. The number of hydrogen-bond acceptors (Lipinski definition) is 0. The predicted molar refractivity (Wildman–Crippen MR) is 73.9 cm³/mol. The molecule has 15 heavy (non-hydrogen) atoms. The highest BCUT2D eigenvalue weighted by Crippen LogP contribution is 2.20. The molecule has 0 aromatic heterocycles. The lowest BCUT2D eigenvalue weighted by atomic mass is 10.0. The van der Waals surface area contributed by atoms with Gasteiger partial charge in [-0.05, 0) is 22.0 Å². The molecule has 0 aliphatic heterocycles. The van der Waals surface area contributed by atoms with Crippen molar-refractivity contribution >= 4 is 30.5 Å². The van der Waals surface area contributed by atoms with Crippen molar-refractivity contribution in [2.75, 3.05) is 0 Å². The maximum Gasteiger partial charge on any atom is 0.0283 e. The largest absolute Gasteiger partial charge is 0.105 e. The quantitative estimate of drug-likeness (QED) is 0.580. The number of alkyl halides is 1. The van der Waals surface area contributed by atoms with Crippen molar-refractivity contribution in [3.63, 3.8) is 0 Å². The average molecular weight is 279 g/mol. The van der Waals surface area contributed by atoms with Crippen molar-refractivity contribution in [3.8, 4) is 11.1 Å². The van der Waals surface area contributed by atoms with Crippen LogP contribution in [-0.2, 0) is 5.33 Å². The highest BCUT2D eigenvalue weighted by molar-refractivity contribution is 9.08. The molecule has 1 atom stereocenters. The van der Waals surface area contributed by atoms with Gasteiger partial charge in [-0.2, -0.15) is 0 Å². The molecule has 0 fully saturated rings. The standard InChI is InChI=1S/C13H12BrP/c14-9-10-5-7-11(8-6-10)12-3-1-2-4-13(12)15/h1-8H,9,15H2. The molecule has 0 aliphatic rings. The second kappa shape index (κ2) is 4.92. The van der Waals surface area contributed by atoms with E-state index in [9.17, 15) is 0 Å². The Bertz CT molecular complexity index is 448. The third kappa shape index (κ3) is 2.48. The molecular weight excluding hydrogens is 267 g/mol. The van der Waals surface area contributed by atoms with E-state index in [1.165, 1.54) is 22.0 Å². The highest BCUT2D eigenvalue weighted by atomic mass is 79.9. The molecule has 0 aliphatic carbocycles. The van der Waals surface area contributed by atoms with Crippen LogP contribution >= 0.6 is 25.2 Å². The van der Waals surface area contributed by atoms with Crippen LogP contribution in [0.4, 0.5) is 0 Å². The van der Waals surface area contributed by atoms with Crippen molar-refractivity contribution in [1.29, 1.82) is 0 Å². The molecule has 0 spiro atoms. The lowest BCUT2D eigenvalue weighted by Gasteiger charge is -2.05. The zero-order valence-electron chi connectivity index (χ0n) is 8.28. The van der Waals surface area contributed by atoms with E-state index in [4.69, 9.17) is 0 Å². The molecule has 76 valence electrons. The summed E-state index contributed by atoms with van der Waals surface area (Å²) in [4.78, 5) is 0. The van der Waals surface area contributed by atoms with E-state index in [1.54, 1.807) is 0 Å². The molecule has 1 unspecified atom stereocenters. The first-order chi connectivity index (χ1) is 7.31. The van der Waals surface area contributed by atoms with Gasteiger partial charge in [0.2, 0.25) is 0 Å². The molecule has 0 nitrogen and oxygen atoms in total. The lowest BCUT2D eigenvalue weighted by Crippen LogP contribution is -1.95. The second-order valence-corrected chi connectivity index (χ2v) is 4.60. The number of hydrogen-bond donors (Lipinski definition) is 0. The SMILES string of the molecule is Pc1ccccc1-c1ccc(CBr)cc1. The van der Waals surface area contributed by atoms with Gasteiger partial charge in [0.25, 0.3) is 0 Å². The fourth-order valence-electron chi connectivity index (χ4n) is 1.53. The van der Waals surface area contributed by atoms with Crippen molar-refractivity contribution < 1.29 is 0 Å². The Labute approximate surface area is 101 Å². The molecule has 0 radical (unpaired) electrons. The van der Waals surface area contributed by atoms with Crippen molar-refractivity contribution in [2.24, 2.45) is 0 Å². The minimum absolute atomic E-state index is 0.913. The van der Waals surface area contributed by atoms with Crippen LogP contribution in [0.5, 0.6) is 0 Å². The molecule has 0 saturated carbocycles. The molecule has 2 rings (SSSR count). The van der Waals surface area contributed by atoms with Gasteiger partial charge in [-0.1, -0.05) is 64.5 Å². The van der Waals surface area contributed by atoms with Crippen LogP contribution in [0, 0.1) is 0 Å². The Kier molecular flexibility index (Phi) is 3.56. The first-order valence-electron chi connectivity index (χ1n) is 4.81. The smallest absolute Gasteiger partial charge is 0.0283 e. The van der Waals surface area contributed by atoms with E-state index in [-0.39, 0.29) is 0 Å². The van der Waals surface area contributed by atoms with E-state index >= 15 is 0 Å². The van der Waals surface area contributed by atoms with Crippen LogP contribution in [-0.4, -0.2) is 0 Å². The molecular formula is C13H12BrP. The fraction of sp³-hybridized carbons (Fsp3) is 0.0769. The van der Waals surface area contributed by atoms with Crippen LogP contribution in [0.3, 0.4) is 0 Å². The van der Waals surface area contributed by atoms with Crippen LogP contribution < -0.4 is 5.30 Å². The minimum atomic E-state index is 0.913. The Balaban J connectivity index is 2.42. The Hall–Kier alpha value is -0.650. The monoisotopic (exact) mass is 278 g/mol. The summed E-state index contributed by atoms with van der Waals surface area (Å²) in [7, 11) is 2.77.